The van der Waals surface area contributed by atoms with E-state index in [0.717, 1.165) is 13.0 Å². The fourth-order valence-electron chi connectivity index (χ4n) is 2.71. The SMILES string of the molecule is CCC(C)CN(CC)C(=O)N1CCC(C(=O)O)CC1C. The highest BCUT2D eigenvalue weighted by Gasteiger charge is 2.33. The molecule has 5 nitrogen and oxygen atoms in total. The van der Waals surface area contributed by atoms with E-state index in [4.69, 9.17) is 5.11 Å². The van der Waals surface area contributed by atoms with Gasteiger partial charge in [0, 0.05) is 25.7 Å². The maximum absolute atomic E-state index is 12.6. The largest absolute Gasteiger partial charge is 0.481 e. The number of carboxylic acid groups (broad SMARTS) is 1. The molecule has 3 unspecified atom stereocenters. The van der Waals surface area contributed by atoms with Crippen molar-refractivity contribution in [3.05, 3.63) is 0 Å². The Bertz CT molecular complexity index is 346. The van der Waals surface area contributed by atoms with Crippen LogP contribution in [0, 0.1) is 11.8 Å². The Balaban J connectivity index is 2.64. The second kappa shape index (κ2) is 7.50. The van der Waals surface area contributed by atoms with E-state index < -0.39 is 5.97 Å². The Kier molecular flexibility index (Phi) is 6.30. The van der Waals surface area contributed by atoms with Crippen LogP contribution in [-0.2, 0) is 4.79 Å². The van der Waals surface area contributed by atoms with Crippen LogP contribution >= 0.6 is 0 Å². The van der Waals surface area contributed by atoms with Gasteiger partial charge in [-0.25, -0.2) is 4.79 Å². The lowest BCUT2D eigenvalue weighted by atomic mass is 9.92. The zero-order valence-electron chi connectivity index (χ0n) is 13.1. The third-order valence-corrected chi connectivity index (χ3v) is 4.35. The molecule has 20 heavy (non-hydrogen) atoms. The molecule has 0 spiro atoms. The van der Waals surface area contributed by atoms with Crippen LogP contribution in [0.2, 0.25) is 0 Å². The molecule has 1 aliphatic heterocycles. The van der Waals surface area contributed by atoms with Crippen molar-refractivity contribution in [2.75, 3.05) is 19.6 Å². The number of carboxylic acids is 1. The minimum Gasteiger partial charge on any atom is -0.481 e. The number of carbonyl (C=O) groups excluding carboxylic acids is 1. The first kappa shape index (κ1) is 16.8. The van der Waals surface area contributed by atoms with E-state index in [1.807, 2.05) is 23.6 Å². The molecule has 0 aromatic carbocycles. The van der Waals surface area contributed by atoms with Gasteiger partial charge < -0.3 is 14.9 Å². The third-order valence-electron chi connectivity index (χ3n) is 4.35. The van der Waals surface area contributed by atoms with Crippen LogP contribution in [0.15, 0.2) is 0 Å². The van der Waals surface area contributed by atoms with Crippen molar-refractivity contribution in [3.63, 3.8) is 0 Å². The molecule has 0 radical (unpaired) electrons. The first-order valence-electron chi connectivity index (χ1n) is 7.68. The number of nitrogens with zero attached hydrogens (tertiary/aromatic N) is 2. The predicted octanol–water partition coefficient (Wildman–Crippen LogP) is 2.66. The van der Waals surface area contributed by atoms with Crippen molar-refractivity contribution in [2.24, 2.45) is 11.8 Å². The van der Waals surface area contributed by atoms with Crippen molar-refractivity contribution in [1.82, 2.24) is 9.80 Å². The maximum Gasteiger partial charge on any atom is 0.320 e. The normalized spacial score (nSPS) is 24.3. The summed E-state index contributed by atoms with van der Waals surface area (Å²) in [5.74, 6) is -0.555. The number of urea groups is 1. The van der Waals surface area contributed by atoms with Crippen LogP contribution in [0.4, 0.5) is 4.79 Å². The molecule has 0 bridgehead atoms. The molecule has 1 fully saturated rings. The van der Waals surface area contributed by atoms with E-state index >= 15 is 0 Å². The molecular formula is C15H28N2O3. The summed E-state index contributed by atoms with van der Waals surface area (Å²) in [6, 6.07) is 0.0625. The zero-order valence-corrected chi connectivity index (χ0v) is 13.1. The van der Waals surface area contributed by atoms with E-state index in [-0.39, 0.29) is 18.0 Å². The van der Waals surface area contributed by atoms with E-state index in [9.17, 15) is 9.59 Å². The zero-order chi connectivity index (χ0) is 15.3. The van der Waals surface area contributed by atoms with E-state index in [0.29, 0.717) is 31.8 Å². The molecule has 0 saturated carbocycles. The number of piperidine rings is 1. The molecular weight excluding hydrogens is 256 g/mol. The van der Waals surface area contributed by atoms with Gasteiger partial charge in [-0.3, -0.25) is 4.79 Å². The van der Waals surface area contributed by atoms with E-state index in [2.05, 4.69) is 13.8 Å². The fourth-order valence-corrected chi connectivity index (χ4v) is 2.71. The maximum atomic E-state index is 12.6. The second-order valence-corrected chi connectivity index (χ2v) is 5.94. The summed E-state index contributed by atoms with van der Waals surface area (Å²) in [7, 11) is 0. The molecule has 0 aromatic rings. The molecule has 1 aliphatic rings. The molecule has 1 rings (SSSR count). The fraction of sp³-hybridized carbons (Fsp3) is 0.867. The highest BCUT2D eigenvalue weighted by Crippen LogP contribution is 2.24. The average Bonchev–Trinajstić information content (AvgIpc) is 2.43. The van der Waals surface area contributed by atoms with Gasteiger partial charge in [0.2, 0.25) is 0 Å². The summed E-state index contributed by atoms with van der Waals surface area (Å²) in [4.78, 5) is 27.3. The summed E-state index contributed by atoms with van der Waals surface area (Å²) in [6.45, 7) is 10.2. The minimum absolute atomic E-state index is 0.00309. The number of amides is 2. The molecule has 1 saturated heterocycles. The van der Waals surface area contributed by atoms with Crippen LogP contribution in [0.25, 0.3) is 0 Å². The standard InChI is InChI=1S/C15H28N2O3/c1-5-11(3)10-16(6-2)15(20)17-8-7-13(14(18)19)9-12(17)4/h11-13H,5-10H2,1-4H3,(H,18,19). The van der Waals surface area contributed by atoms with Gasteiger partial charge >= 0.3 is 12.0 Å². The van der Waals surface area contributed by atoms with Crippen molar-refractivity contribution >= 4 is 12.0 Å². The minimum atomic E-state index is -0.740. The molecule has 2 amide bonds. The molecule has 0 aromatic heterocycles. The number of carbonyl (C=O) groups is 2. The molecule has 1 heterocycles. The van der Waals surface area contributed by atoms with Crippen LogP contribution in [0.3, 0.4) is 0 Å². The van der Waals surface area contributed by atoms with Gasteiger partial charge in [-0.1, -0.05) is 20.3 Å². The van der Waals surface area contributed by atoms with Gasteiger partial charge in [-0.05, 0) is 32.6 Å². The van der Waals surface area contributed by atoms with E-state index in [1.54, 1.807) is 0 Å². The smallest absolute Gasteiger partial charge is 0.320 e. The molecule has 116 valence electrons. The van der Waals surface area contributed by atoms with Crippen LogP contribution in [-0.4, -0.2) is 52.6 Å². The van der Waals surface area contributed by atoms with Gasteiger partial charge in [0.05, 0.1) is 5.92 Å². The highest BCUT2D eigenvalue weighted by atomic mass is 16.4. The number of hydrogen-bond acceptors (Lipinski definition) is 2. The average molecular weight is 284 g/mol. The lowest BCUT2D eigenvalue weighted by Crippen LogP contribution is -2.52. The van der Waals surface area contributed by atoms with Crippen molar-refractivity contribution < 1.29 is 14.7 Å². The van der Waals surface area contributed by atoms with Gasteiger partial charge in [-0.15, -0.1) is 0 Å². The van der Waals surface area contributed by atoms with Crippen LogP contribution < -0.4 is 0 Å². The van der Waals surface area contributed by atoms with E-state index in [1.165, 1.54) is 0 Å². The molecule has 5 heteroatoms. The van der Waals surface area contributed by atoms with Crippen LogP contribution in [0.5, 0.6) is 0 Å². The van der Waals surface area contributed by atoms with Gasteiger partial charge in [0.15, 0.2) is 0 Å². The number of rotatable bonds is 5. The lowest BCUT2D eigenvalue weighted by Gasteiger charge is -2.39. The number of hydrogen-bond donors (Lipinski definition) is 1. The summed E-state index contributed by atoms with van der Waals surface area (Å²) in [5.41, 5.74) is 0. The highest BCUT2D eigenvalue weighted by molar-refractivity contribution is 5.76. The summed E-state index contributed by atoms with van der Waals surface area (Å²) in [5, 5.41) is 9.07. The van der Waals surface area contributed by atoms with Crippen molar-refractivity contribution in [2.45, 2.75) is 53.0 Å². The van der Waals surface area contributed by atoms with Gasteiger partial charge in [-0.2, -0.15) is 0 Å². The predicted molar refractivity (Wildman–Crippen MR) is 78.6 cm³/mol. The Morgan fingerprint density at radius 1 is 1.40 bits per heavy atom. The number of aliphatic carboxylic acids is 1. The van der Waals surface area contributed by atoms with Crippen molar-refractivity contribution in [3.8, 4) is 0 Å². The van der Waals surface area contributed by atoms with Crippen molar-refractivity contribution in [1.29, 1.82) is 0 Å². The second-order valence-electron chi connectivity index (χ2n) is 5.94. The van der Waals surface area contributed by atoms with Crippen LogP contribution in [0.1, 0.15) is 47.0 Å². The first-order valence-corrected chi connectivity index (χ1v) is 7.68. The lowest BCUT2D eigenvalue weighted by molar-refractivity contribution is -0.143. The topological polar surface area (TPSA) is 60.9 Å². The first-order chi connectivity index (χ1) is 9.40. The number of likely N-dealkylation sites (tertiary alicyclic amines) is 1. The van der Waals surface area contributed by atoms with Gasteiger partial charge in [0.25, 0.3) is 0 Å². The summed E-state index contributed by atoms with van der Waals surface area (Å²) in [6.07, 6.45) is 2.18. The third kappa shape index (κ3) is 4.12. The summed E-state index contributed by atoms with van der Waals surface area (Å²) >= 11 is 0. The Labute approximate surface area is 121 Å². The molecule has 0 aliphatic carbocycles. The monoisotopic (exact) mass is 284 g/mol. The quantitative estimate of drug-likeness (QED) is 0.844. The molecule has 1 N–H and O–H groups in total. The Hall–Kier alpha value is -1.26. The summed E-state index contributed by atoms with van der Waals surface area (Å²) < 4.78 is 0. The Morgan fingerprint density at radius 2 is 2.05 bits per heavy atom. The Morgan fingerprint density at radius 3 is 2.50 bits per heavy atom. The molecule has 3 atom stereocenters. The van der Waals surface area contributed by atoms with Gasteiger partial charge in [0.1, 0.15) is 0 Å².